The van der Waals surface area contributed by atoms with Crippen LogP contribution in [0.4, 0.5) is 0 Å². The van der Waals surface area contributed by atoms with Gasteiger partial charge < -0.3 is 9.64 Å². The minimum Gasteiger partial charge on any atom is -0.476 e. The summed E-state index contributed by atoms with van der Waals surface area (Å²) in [4.78, 5) is 2.62. The lowest BCUT2D eigenvalue weighted by atomic mass is 9.74. The number of hydrogen-bond donors (Lipinski definition) is 0. The van der Waals surface area contributed by atoms with Gasteiger partial charge in [-0.25, -0.2) is 4.68 Å². The van der Waals surface area contributed by atoms with Crippen LogP contribution in [0.15, 0.2) is 30.5 Å². The van der Waals surface area contributed by atoms with Gasteiger partial charge in [-0.2, -0.15) is 0 Å². The van der Waals surface area contributed by atoms with Crippen molar-refractivity contribution in [1.29, 1.82) is 0 Å². The molecule has 2 heterocycles. The van der Waals surface area contributed by atoms with E-state index in [9.17, 15) is 0 Å². The lowest BCUT2D eigenvalue weighted by Crippen LogP contribution is -2.39. The van der Waals surface area contributed by atoms with Crippen molar-refractivity contribution < 1.29 is 4.74 Å². The van der Waals surface area contributed by atoms with Gasteiger partial charge in [0.25, 0.3) is 0 Å². The van der Waals surface area contributed by atoms with Crippen LogP contribution < -0.4 is 4.74 Å². The summed E-state index contributed by atoms with van der Waals surface area (Å²) in [6.45, 7) is 6.61. The van der Waals surface area contributed by atoms with Crippen LogP contribution in [-0.2, 0) is 0 Å². The molecule has 2 aliphatic rings. The van der Waals surface area contributed by atoms with Gasteiger partial charge in [0.15, 0.2) is 0 Å². The molecule has 25 heavy (non-hydrogen) atoms. The monoisotopic (exact) mass is 359 g/mol. The second kappa shape index (κ2) is 7.38. The van der Waals surface area contributed by atoms with E-state index in [2.05, 4.69) is 10.00 Å². The molecule has 134 valence electrons. The summed E-state index contributed by atoms with van der Waals surface area (Å²) in [5, 5.41) is 5.29. The summed E-state index contributed by atoms with van der Waals surface area (Å²) in [5.74, 6) is 2.18. The van der Waals surface area contributed by atoms with Crippen LogP contribution in [0.1, 0.15) is 31.2 Å². The SMILES string of the molecule is Cc1ccc(-n2ccc(OCC3CCC3CN3CCCC3)n2)cc1Cl. The summed E-state index contributed by atoms with van der Waals surface area (Å²) >= 11 is 6.21. The zero-order valence-corrected chi connectivity index (χ0v) is 15.6. The number of ether oxygens (including phenoxy) is 1. The summed E-state index contributed by atoms with van der Waals surface area (Å²) < 4.78 is 7.80. The quantitative estimate of drug-likeness (QED) is 0.768. The first kappa shape index (κ1) is 16.9. The molecule has 1 aromatic carbocycles. The zero-order chi connectivity index (χ0) is 17.2. The molecule has 2 atom stereocenters. The topological polar surface area (TPSA) is 30.3 Å². The van der Waals surface area contributed by atoms with Gasteiger partial charge in [-0.05, 0) is 75.2 Å². The van der Waals surface area contributed by atoms with Crippen molar-refractivity contribution in [2.45, 2.75) is 32.6 Å². The Balaban J connectivity index is 1.31. The second-order valence-corrected chi connectivity index (χ2v) is 7.86. The molecular formula is C20H26ClN3O. The van der Waals surface area contributed by atoms with Crippen LogP contribution in [0.5, 0.6) is 5.88 Å². The fraction of sp³-hybridized carbons (Fsp3) is 0.550. The Hall–Kier alpha value is -1.52. The number of aryl methyl sites for hydroxylation is 1. The van der Waals surface area contributed by atoms with Gasteiger partial charge in [-0.3, -0.25) is 0 Å². The second-order valence-electron chi connectivity index (χ2n) is 7.45. The van der Waals surface area contributed by atoms with Crippen molar-refractivity contribution in [3.63, 3.8) is 0 Å². The van der Waals surface area contributed by atoms with Crippen LogP contribution in [0, 0.1) is 18.8 Å². The Labute approximate surface area is 154 Å². The normalized spacial score (nSPS) is 23.6. The Morgan fingerprint density at radius 2 is 1.96 bits per heavy atom. The molecule has 1 aliphatic carbocycles. The molecule has 0 radical (unpaired) electrons. The molecule has 0 N–H and O–H groups in total. The smallest absolute Gasteiger partial charge is 0.233 e. The largest absolute Gasteiger partial charge is 0.476 e. The first-order chi connectivity index (χ1) is 12.2. The van der Waals surface area contributed by atoms with Crippen molar-refractivity contribution in [2.24, 2.45) is 11.8 Å². The van der Waals surface area contributed by atoms with Crippen molar-refractivity contribution in [3.05, 3.63) is 41.0 Å². The number of rotatable bonds is 6. The van der Waals surface area contributed by atoms with Gasteiger partial charge in [-0.15, -0.1) is 5.10 Å². The molecule has 5 heteroatoms. The molecule has 2 fully saturated rings. The van der Waals surface area contributed by atoms with E-state index in [0.717, 1.165) is 28.8 Å². The molecule has 4 nitrogen and oxygen atoms in total. The minimum atomic E-state index is 0.680. The number of halogens is 1. The molecule has 0 spiro atoms. The Bertz CT molecular complexity index is 723. The van der Waals surface area contributed by atoms with Crippen molar-refractivity contribution in [3.8, 4) is 11.6 Å². The highest BCUT2D eigenvalue weighted by molar-refractivity contribution is 6.31. The number of benzene rings is 1. The van der Waals surface area contributed by atoms with E-state index in [1.807, 2.05) is 42.1 Å². The average Bonchev–Trinajstić information content (AvgIpc) is 3.26. The molecule has 1 aliphatic heterocycles. The van der Waals surface area contributed by atoms with Crippen LogP contribution >= 0.6 is 11.6 Å². The average molecular weight is 360 g/mol. The highest BCUT2D eigenvalue weighted by Gasteiger charge is 2.33. The van der Waals surface area contributed by atoms with E-state index >= 15 is 0 Å². The predicted molar refractivity (Wildman–Crippen MR) is 101 cm³/mol. The maximum absolute atomic E-state index is 6.21. The van der Waals surface area contributed by atoms with Crippen LogP contribution in [0.2, 0.25) is 5.02 Å². The lowest BCUT2D eigenvalue weighted by Gasteiger charge is -2.38. The lowest BCUT2D eigenvalue weighted by molar-refractivity contribution is 0.0732. The molecular weight excluding hydrogens is 334 g/mol. The number of likely N-dealkylation sites (tertiary alicyclic amines) is 1. The summed E-state index contributed by atoms with van der Waals surface area (Å²) in [6, 6.07) is 7.90. The van der Waals surface area contributed by atoms with Gasteiger partial charge in [-0.1, -0.05) is 17.7 Å². The highest BCUT2D eigenvalue weighted by Crippen LogP contribution is 2.35. The zero-order valence-electron chi connectivity index (χ0n) is 14.8. The highest BCUT2D eigenvalue weighted by atomic mass is 35.5. The fourth-order valence-corrected chi connectivity index (χ4v) is 4.01. The van der Waals surface area contributed by atoms with Crippen molar-refractivity contribution in [1.82, 2.24) is 14.7 Å². The Morgan fingerprint density at radius 3 is 2.68 bits per heavy atom. The number of nitrogens with zero attached hydrogens (tertiary/aromatic N) is 3. The minimum absolute atomic E-state index is 0.680. The van der Waals surface area contributed by atoms with Gasteiger partial charge in [0.1, 0.15) is 0 Å². The van der Waals surface area contributed by atoms with Gasteiger partial charge >= 0.3 is 0 Å². The Kier molecular flexibility index (Phi) is 5.00. The van der Waals surface area contributed by atoms with Crippen LogP contribution in [0.25, 0.3) is 5.69 Å². The van der Waals surface area contributed by atoms with E-state index in [-0.39, 0.29) is 0 Å². The van der Waals surface area contributed by atoms with Crippen molar-refractivity contribution in [2.75, 3.05) is 26.2 Å². The first-order valence-corrected chi connectivity index (χ1v) is 9.74. The number of aromatic nitrogens is 2. The maximum atomic E-state index is 6.21. The van der Waals surface area contributed by atoms with E-state index < -0.39 is 0 Å². The third kappa shape index (κ3) is 3.85. The molecule has 2 aromatic rings. The molecule has 0 amide bonds. The number of hydrogen-bond acceptors (Lipinski definition) is 3. The van der Waals surface area contributed by atoms with Crippen LogP contribution in [0.3, 0.4) is 0 Å². The molecule has 1 saturated carbocycles. The molecule has 0 bridgehead atoms. The van der Waals surface area contributed by atoms with Crippen LogP contribution in [-0.4, -0.2) is 40.9 Å². The van der Waals surface area contributed by atoms with E-state index in [1.165, 1.54) is 45.3 Å². The maximum Gasteiger partial charge on any atom is 0.233 e. The summed E-state index contributed by atoms with van der Waals surface area (Å²) in [6.07, 6.45) is 7.30. The van der Waals surface area contributed by atoms with Crippen molar-refractivity contribution >= 4 is 11.6 Å². The molecule has 1 aromatic heterocycles. The third-order valence-electron chi connectivity index (χ3n) is 5.70. The molecule has 1 saturated heterocycles. The summed E-state index contributed by atoms with van der Waals surface area (Å²) in [7, 11) is 0. The standard InChI is InChI=1S/C20H26ClN3O/c1-15-4-7-18(12-19(15)21)24-11-8-20(22-24)25-14-17-6-5-16(17)13-23-9-2-3-10-23/h4,7-8,11-12,16-17H,2-3,5-6,9-10,13-14H2,1H3. The summed E-state index contributed by atoms with van der Waals surface area (Å²) in [5.41, 5.74) is 2.03. The van der Waals surface area contributed by atoms with Gasteiger partial charge in [0, 0.05) is 23.8 Å². The fourth-order valence-electron chi connectivity index (χ4n) is 3.84. The van der Waals surface area contributed by atoms with E-state index in [4.69, 9.17) is 16.3 Å². The third-order valence-corrected chi connectivity index (χ3v) is 6.10. The molecule has 2 unspecified atom stereocenters. The van der Waals surface area contributed by atoms with Gasteiger partial charge in [0.2, 0.25) is 5.88 Å². The first-order valence-electron chi connectivity index (χ1n) is 9.36. The van der Waals surface area contributed by atoms with E-state index in [0.29, 0.717) is 11.8 Å². The van der Waals surface area contributed by atoms with E-state index in [1.54, 1.807) is 0 Å². The van der Waals surface area contributed by atoms with Gasteiger partial charge in [0.05, 0.1) is 12.3 Å². The molecule has 4 rings (SSSR count). The predicted octanol–water partition coefficient (Wildman–Crippen LogP) is 4.33. The Morgan fingerprint density at radius 1 is 1.16 bits per heavy atom.